The van der Waals surface area contributed by atoms with Crippen molar-refractivity contribution in [3.63, 3.8) is 0 Å². The van der Waals surface area contributed by atoms with Crippen molar-refractivity contribution in [3.8, 4) is 0 Å². The maximum absolute atomic E-state index is 13.6. The van der Waals surface area contributed by atoms with E-state index in [1.165, 1.54) is 25.7 Å². The zero-order valence-corrected chi connectivity index (χ0v) is 22.4. The normalized spacial score (nSPS) is 21.5. The van der Waals surface area contributed by atoms with E-state index in [1.54, 1.807) is 11.8 Å². The minimum absolute atomic E-state index is 0.0887. The molecule has 2 saturated heterocycles. The van der Waals surface area contributed by atoms with E-state index in [9.17, 15) is 9.90 Å². The van der Waals surface area contributed by atoms with Crippen LogP contribution in [0.4, 0.5) is 17.3 Å². The van der Waals surface area contributed by atoms with Crippen molar-refractivity contribution in [2.24, 2.45) is 5.41 Å². The highest BCUT2D eigenvalue weighted by atomic mass is 32.2. The Kier molecular flexibility index (Phi) is 7.21. The molecule has 1 aliphatic carbocycles. The minimum Gasteiger partial charge on any atom is -0.395 e. The predicted molar refractivity (Wildman–Crippen MR) is 146 cm³/mol. The summed E-state index contributed by atoms with van der Waals surface area (Å²) in [4.78, 5) is 23.9. The lowest BCUT2D eigenvalue weighted by Gasteiger charge is -2.35. The summed E-state index contributed by atoms with van der Waals surface area (Å²) in [5.74, 6) is 1.26. The number of pyridine rings is 1. The molecule has 2 aliphatic heterocycles. The molecule has 1 saturated carbocycles. The van der Waals surface area contributed by atoms with Crippen LogP contribution in [0.25, 0.3) is 0 Å². The van der Waals surface area contributed by atoms with Crippen LogP contribution in [0.15, 0.2) is 41.3 Å². The van der Waals surface area contributed by atoms with Crippen LogP contribution in [0.3, 0.4) is 0 Å². The molecule has 2 N–H and O–H groups in total. The summed E-state index contributed by atoms with van der Waals surface area (Å²) in [6.45, 7) is 10.4. The number of ether oxygens (including phenoxy) is 1. The summed E-state index contributed by atoms with van der Waals surface area (Å²) >= 11 is 1.64. The fraction of sp³-hybridized carbons (Fsp3) is 0.571. The summed E-state index contributed by atoms with van der Waals surface area (Å²) in [7, 11) is 0. The largest absolute Gasteiger partial charge is 0.395 e. The van der Waals surface area contributed by atoms with E-state index in [0.29, 0.717) is 23.4 Å². The molecule has 1 aromatic heterocycles. The number of hydrogen-bond donors (Lipinski definition) is 2. The first-order chi connectivity index (χ1) is 17.3. The van der Waals surface area contributed by atoms with Gasteiger partial charge >= 0.3 is 0 Å². The van der Waals surface area contributed by atoms with Gasteiger partial charge < -0.3 is 25.0 Å². The Balaban J connectivity index is 1.37. The number of hydrogen-bond acceptors (Lipinski definition) is 7. The molecule has 194 valence electrons. The van der Waals surface area contributed by atoms with Crippen molar-refractivity contribution in [1.82, 2.24) is 4.98 Å². The molecule has 0 bridgehead atoms. The number of piperidine rings is 1. The van der Waals surface area contributed by atoms with Gasteiger partial charge in [-0.2, -0.15) is 0 Å². The molecule has 3 fully saturated rings. The predicted octanol–water partition coefficient (Wildman–Crippen LogP) is 4.80. The maximum atomic E-state index is 13.6. The monoisotopic (exact) mass is 510 g/mol. The number of rotatable bonds is 7. The number of aromatic nitrogens is 1. The van der Waals surface area contributed by atoms with E-state index in [4.69, 9.17) is 9.72 Å². The van der Waals surface area contributed by atoms with Crippen LogP contribution < -0.4 is 15.1 Å². The van der Waals surface area contributed by atoms with Crippen LogP contribution in [-0.4, -0.2) is 66.2 Å². The Hall–Kier alpha value is -2.29. The lowest BCUT2D eigenvalue weighted by Crippen LogP contribution is -2.41. The molecule has 0 radical (unpaired) electrons. The van der Waals surface area contributed by atoms with Crippen molar-refractivity contribution in [2.45, 2.75) is 62.2 Å². The van der Waals surface area contributed by atoms with Gasteiger partial charge in [-0.15, -0.1) is 11.8 Å². The van der Waals surface area contributed by atoms with E-state index in [-0.39, 0.29) is 23.4 Å². The van der Waals surface area contributed by atoms with Gasteiger partial charge in [-0.1, -0.05) is 6.07 Å². The Morgan fingerprint density at radius 3 is 2.64 bits per heavy atom. The number of benzene rings is 1. The fourth-order valence-electron chi connectivity index (χ4n) is 5.16. The van der Waals surface area contributed by atoms with Gasteiger partial charge in [0.2, 0.25) is 0 Å². The molecule has 2 aromatic rings. The fourth-order valence-corrected chi connectivity index (χ4v) is 6.17. The second kappa shape index (κ2) is 10.2. The van der Waals surface area contributed by atoms with E-state index in [2.05, 4.69) is 28.1 Å². The minimum atomic E-state index is -0.289. The molecular formula is C28H38N4O3S. The van der Waals surface area contributed by atoms with Gasteiger partial charge in [0, 0.05) is 35.8 Å². The third-order valence-corrected chi connectivity index (χ3v) is 8.82. The summed E-state index contributed by atoms with van der Waals surface area (Å²) in [6, 6.07) is 11.8. The number of carbonyl (C=O) groups is 1. The molecule has 0 unspecified atom stereocenters. The number of morpholine rings is 1. The first-order valence-electron chi connectivity index (χ1n) is 13.1. The summed E-state index contributed by atoms with van der Waals surface area (Å²) < 4.78 is 5.37. The van der Waals surface area contributed by atoms with E-state index in [1.807, 2.05) is 44.2 Å². The van der Waals surface area contributed by atoms with Crippen molar-refractivity contribution < 1.29 is 14.6 Å². The Labute approximate surface area is 218 Å². The van der Waals surface area contributed by atoms with Crippen LogP contribution >= 0.6 is 11.8 Å². The number of nitrogens with one attached hydrogen (secondary N) is 1. The lowest BCUT2D eigenvalue weighted by atomic mass is 9.93. The van der Waals surface area contributed by atoms with Crippen LogP contribution in [0.1, 0.15) is 56.8 Å². The molecule has 1 amide bonds. The third kappa shape index (κ3) is 5.82. The van der Waals surface area contributed by atoms with Crippen molar-refractivity contribution >= 4 is 35.0 Å². The smallest absolute Gasteiger partial charge is 0.258 e. The molecule has 3 heterocycles. The zero-order chi connectivity index (χ0) is 25.3. The summed E-state index contributed by atoms with van der Waals surface area (Å²) in [6.07, 6.45) is 5.23. The molecule has 1 aromatic carbocycles. The van der Waals surface area contributed by atoms with E-state index >= 15 is 0 Å². The van der Waals surface area contributed by atoms with Gasteiger partial charge in [0.05, 0.1) is 30.6 Å². The molecule has 1 spiro atoms. The standard InChI is InChI=1S/C28H38N4O3S/c1-20-18-32(15-16-35-20)25-6-4-5-24(29-25)30-26(34)22-8-7-21(36-27(2,3)19-33)17-23(22)31-13-11-28(9-10-28)12-14-31/h4-8,17,20,33H,9-16,18-19H2,1-3H3,(H,29,30,34)/t20-/m1/s1. The number of aliphatic hydroxyl groups excluding tert-OH is 1. The van der Waals surface area contributed by atoms with Gasteiger partial charge in [0.25, 0.3) is 5.91 Å². The highest BCUT2D eigenvalue weighted by molar-refractivity contribution is 8.00. The molecule has 36 heavy (non-hydrogen) atoms. The van der Waals surface area contributed by atoms with Gasteiger partial charge in [-0.25, -0.2) is 4.98 Å². The van der Waals surface area contributed by atoms with Gasteiger partial charge in [0.15, 0.2) is 0 Å². The number of amides is 1. The Bertz CT molecular complexity index is 1090. The second-order valence-corrected chi connectivity index (χ2v) is 12.9. The van der Waals surface area contributed by atoms with Gasteiger partial charge in [-0.3, -0.25) is 4.79 Å². The molecule has 1 atom stereocenters. The molecule has 7 nitrogen and oxygen atoms in total. The second-order valence-electron chi connectivity index (χ2n) is 11.1. The number of anilines is 3. The quantitative estimate of drug-likeness (QED) is 0.518. The van der Waals surface area contributed by atoms with Gasteiger partial charge in [-0.05, 0) is 82.2 Å². The van der Waals surface area contributed by atoms with Crippen molar-refractivity contribution in [1.29, 1.82) is 0 Å². The number of nitrogens with zero attached hydrogens (tertiary/aromatic N) is 3. The van der Waals surface area contributed by atoms with Crippen LogP contribution in [-0.2, 0) is 4.74 Å². The number of thioether (sulfide) groups is 1. The molecule has 8 heteroatoms. The van der Waals surface area contributed by atoms with Crippen molar-refractivity contribution in [2.75, 3.05) is 54.5 Å². The van der Waals surface area contributed by atoms with Crippen LogP contribution in [0.5, 0.6) is 0 Å². The van der Waals surface area contributed by atoms with E-state index in [0.717, 1.165) is 42.6 Å². The molecule has 5 rings (SSSR count). The molecule has 3 aliphatic rings. The molecular weight excluding hydrogens is 472 g/mol. The van der Waals surface area contributed by atoms with Crippen molar-refractivity contribution in [3.05, 3.63) is 42.0 Å². The summed E-state index contributed by atoms with van der Waals surface area (Å²) in [5.41, 5.74) is 2.20. The Morgan fingerprint density at radius 1 is 1.17 bits per heavy atom. The highest BCUT2D eigenvalue weighted by Crippen LogP contribution is 2.54. The average molecular weight is 511 g/mol. The maximum Gasteiger partial charge on any atom is 0.258 e. The number of aliphatic hydroxyl groups is 1. The van der Waals surface area contributed by atoms with Crippen LogP contribution in [0, 0.1) is 5.41 Å². The topological polar surface area (TPSA) is 77.9 Å². The third-order valence-electron chi connectivity index (χ3n) is 7.65. The summed E-state index contributed by atoms with van der Waals surface area (Å²) in [5, 5.41) is 12.8. The highest BCUT2D eigenvalue weighted by Gasteiger charge is 2.44. The number of carbonyl (C=O) groups excluding carboxylic acids is 1. The van der Waals surface area contributed by atoms with Crippen LogP contribution in [0.2, 0.25) is 0 Å². The van der Waals surface area contributed by atoms with Gasteiger partial charge in [0.1, 0.15) is 11.6 Å². The Morgan fingerprint density at radius 2 is 1.94 bits per heavy atom. The SMILES string of the molecule is C[C@@H]1CN(c2cccc(NC(=O)c3ccc(SC(C)(C)CO)cc3N3CCC4(CC3)CC4)n2)CCO1. The lowest BCUT2D eigenvalue weighted by molar-refractivity contribution is 0.0529. The first kappa shape index (κ1) is 25.4. The first-order valence-corrected chi connectivity index (χ1v) is 13.9. The zero-order valence-electron chi connectivity index (χ0n) is 21.6. The average Bonchev–Trinajstić information content (AvgIpc) is 3.63. The van der Waals surface area contributed by atoms with E-state index < -0.39 is 0 Å².